The maximum atomic E-state index is 11.2. The van der Waals surface area contributed by atoms with Gasteiger partial charge in [-0.05, 0) is 31.2 Å². The molecule has 0 bridgehead atoms. The van der Waals surface area contributed by atoms with Crippen LogP contribution in [-0.4, -0.2) is 21.8 Å². The number of nitrogens with zero attached hydrogens (tertiary/aromatic N) is 1. The van der Waals surface area contributed by atoms with E-state index in [4.69, 9.17) is 9.84 Å². The summed E-state index contributed by atoms with van der Waals surface area (Å²) in [5, 5.41) is 8.76. The molecule has 5 heteroatoms. The Morgan fingerprint density at radius 1 is 1.20 bits per heavy atom. The summed E-state index contributed by atoms with van der Waals surface area (Å²) < 4.78 is 5.52. The highest BCUT2D eigenvalue weighted by atomic mass is 16.5. The minimum Gasteiger partial charge on any atom is -0.487 e. The molecule has 0 fully saturated rings. The van der Waals surface area contributed by atoms with Crippen molar-refractivity contribution in [2.45, 2.75) is 13.5 Å². The van der Waals surface area contributed by atoms with Crippen molar-refractivity contribution in [3.8, 4) is 5.75 Å². The molecule has 102 valence electrons. The summed E-state index contributed by atoms with van der Waals surface area (Å²) >= 11 is 0. The third-order valence-electron chi connectivity index (χ3n) is 2.70. The fraction of sp³-hybridized carbons (Fsp3) is 0.133. The van der Waals surface area contributed by atoms with E-state index in [2.05, 4.69) is 4.98 Å². The molecule has 0 aliphatic rings. The number of carboxylic acids is 1. The summed E-state index contributed by atoms with van der Waals surface area (Å²) in [7, 11) is 0. The van der Waals surface area contributed by atoms with Gasteiger partial charge in [0.15, 0.2) is 5.78 Å². The second-order valence-electron chi connectivity index (χ2n) is 4.22. The average molecular weight is 271 g/mol. The quantitative estimate of drug-likeness (QED) is 0.846. The van der Waals surface area contributed by atoms with Crippen molar-refractivity contribution in [3.05, 3.63) is 59.4 Å². The SMILES string of the molecule is CC(=O)c1cccc(OCc2ccc(C(=O)O)cn2)c1. The number of benzene rings is 1. The van der Waals surface area contributed by atoms with Crippen LogP contribution in [0.4, 0.5) is 0 Å². The number of hydrogen-bond donors (Lipinski definition) is 1. The lowest BCUT2D eigenvalue weighted by molar-refractivity contribution is 0.0696. The standard InChI is InChI=1S/C15H13NO4/c1-10(17)11-3-2-4-14(7-11)20-9-13-6-5-12(8-16-13)15(18)19/h2-8H,9H2,1H3,(H,18,19). The highest BCUT2D eigenvalue weighted by Gasteiger charge is 2.04. The van der Waals surface area contributed by atoms with E-state index in [1.807, 2.05) is 0 Å². The second-order valence-corrected chi connectivity index (χ2v) is 4.22. The predicted molar refractivity (Wildman–Crippen MR) is 72.0 cm³/mol. The Morgan fingerprint density at radius 3 is 2.60 bits per heavy atom. The Labute approximate surface area is 115 Å². The molecule has 1 heterocycles. The van der Waals surface area contributed by atoms with Crippen LogP contribution in [0.15, 0.2) is 42.6 Å². The van der Waals surface area contributed by atoms with Crippen LogP contribution in [0.3, 0.4) is 0 Å². The number of hydrogen-bond acceptors (Lipinski definition) is 4. The number of carbonyl (C=O) groups is 2. The van der Waals surface area contributed by atoms with Crippen LogP contribution >= 0.6 is 0 Å². The van der Waals surface area contributed by atoms with Gasteiger partial charge in [0.1, 0.15) is 12.4 Å². The number of rotatable bonds is 5. The Hall–Kier alpha value is -2.69. The van der Waals surface area contributed by atoms with Crippen molar-refractivity contribution < 1.29 is 19.4 Å². The van der Waals surface area contributed by atoms with Gasteiger partial charge in [0.25, 0.3) is 0 Å². The Morgan fingerprint density at radius 2 is 2.00 bits per heavy atom. The maximum absolute atomic E-state index is 11.2. The van der Waals surface area contributed by atoms with Crippen LogP contribution in [0.5, 0.6) is 5.75 Å². The van der Waals surface area contributed by atoms with Crippen LogP contribution in [0.25, 0.3) is 0 Å². The van der Waals surface area contributed by atoms with Crippen molar-refractivity contribution in [1.82, 2.24) is 4.98 Å². The lowest BCUT2D eigenvalue weighted by Gasteiger charge is -2.06. The second kappa shape index (κ2) is 5.97. The molecule has 0 radical (unpaired) electrons. The van der Waals surface area contributed by atoms with Gasteiger partial charge >= 0.3 is 5.97 Å². The average Bonchev–Trinajstić information content (AvgIpc) is 2.46. The fourth-order valence-electron chi connectivity index (χ4n) is 1.60. The zero-order valence-corrected chi connectivity index (χ0v) is 10.9. The molecule has 0 spiro atoms. The molecule has 1 N–H and O–H groups in total. The number of aromatic carboxylic acids is 1. The van der Waals surface area contributed by atoms with Gasteiger partial charge in [-0.25, -0.2) is 4.79 Å². The molecule has 0 saturated heterocycles. The summed E-state index contributed by atoms with van der Waals surface area (Å²) in [6.45, 7) is 1.70. The lowest BCUT2D eigenvalue weighted by Crippen LogP contribution is -2.02. The van der Waals surface area contributed by atoms with Crippen LogP contribution < -0.4 is 4.74 Å². The van der Waals surface area contributed by atoms with Gasteiger partial charge in [0.2, 0.25) is 0 Å². The molecule has 0 atom stereocenters. The molecule has 0 aliphatic carbocycles. The van der Waals surface area contributed by atoms with Gasteiger partial charge in [0, 0.05) is 11.8 Å². The first-order chi connectivity index (χ1) is 9.56. The number of carbonyl (C=O) groups excluding carboxylic acids is 1. The molecule has 0 unspecified atom stereocenters. The summed E-state index contributed by atoms with van der Waals surface area (Å²) in [5.74, 6) is -0.472. The highest BCUT2D eigenvalue weighted by molar-refractivity contribution is 5.94. The topological polar surface area (TPSA) is 76.5 Å². The zero-order valence-electron chi connectivity index (χ0n) is 10.9. The molecule has 20 heavy (non-hydrogen) atoms. The molecule has 0 amide bonds. The zero-order chi connectivity index (χ0) is 14.5. The molecule has 5 nitrogen and oxygen atoms in total. The van der Waals surface area contributed by atoms with E-state index in [0.29, 0.717) is 17.0 Å². The molecule has 2 rings (SSSR count). The van der Waals surface area contributed by atoms with Crippen LogP contribution in [-0.2, 0) is 6.61 Å². The van der Waals surface area contributed by atoms with E-state index in [1.165, 1.54) is 19.2 Å². The van der Waals surface area contributed by atoms with E-state index >= 15 is 0 Å². The normalized spacial score (nSPS) is 10.1. The van der Waals surface area contributed by atoms with Gasteiger partial charge in [-0.3, -0.25) is 9.78 Å². The molecular formula is C15H13NO4. The first kappa shape index (κ1) is 13.7. The molecule has 0 aliphatic heterocycles. The maximum Gasteiger partial charge on any atom is 0.337 e. The third-order valence-corrected chi connectivity index (χ3v) is 2.70. The Kier molecular flexibility index (Phi) is 4.10. The van der Waals surface area contributed by atoms with Crippen molar-refractivity contribution in [2.24, 2.45) is 0 Å². The van der Waals surface area contributed by atoms with Crippen LogP contribution in [0.1, 0.15) is 33.3 Å². The number of Topliss-reactive ketones (excluding diaryl/α,β-unsaturated/α-hetero) is 1. The largest absolute Gasteiger partial charge is 0.487 e. The predicted octanol–water partition coefficient (Wildman–Crippen LogP) is 2.56. The minimum absolute atomic E-state index is 0.0283. The van der Waals surface area contributed by atoms with Gasteiger partial charge < -0.3 is 9.84 Å². The monoisotopic (exact) mass is 271 g/mol. The fourth-order valence-corrected chi connectivity index (χ4v) is 1.60. The Bertz CT molecular complexity index is 635. The third kappa shape index (κ3) is 3.41. The van der Waals surface area contributed by atoms with Crippen LogP contribution in [0, 0.1) is 0 Å². The summed E-state index contributed by atoms with van der Waals surface area (Å²) in [4.78, 5) is 25.9. The van der Waals surface area contributed by atoms with Crippen molar-refractivity contribution >= 4 is 11.8 Å². The molecule has 0 saturated carbocycles. The van der Waals surface area contributed by atoms with Crippen molar-refractivity contribution in [3.63, 3.8) is 0 Å². The molecular weight excluding hydrogens is 258 g/mol. The first-order valence-electron chi connectivity index (χ1n) is 5.98. The highest BCUT2D eigenvalue weighted by Crippen LogP contribution is 2.15. The number of pyridine rings is 1. The number of aromatic nitrogens is 1. The van der Waals surface area contributed by atoms with Crippen molar-refractivity contribution in [2.75, 3.05) is 0 Å². The lowest BCUT2D eigenvalue weighted by atomic mass is 10.1. The molecule has 1 aromatic carbocycles. The molecule has 1 aromatic heterocycles. The summed E-state index contributed by atoms with van der Waals surface area (Å²) in [6, 6.07) is 9.94. The van der Waals surface area contributed by atoms with Crippen molar-refractivity contribution in [1.29, 1.82) is 0 Å². The van der Waals surface area contributed by atoms with E-state index in [9.17, 15) is 9.59 Å². The van der Waals surface area contributed by atoms with Gasteiger partial charge in [-0.15, -0.1) is 0 Å². The number of ketones is 1. The van der Waals surface area contributed by atoms with E-state index < -0.39 is 5.97 Å². The van der Waals surface area contributed by atoms with Gasteiger partial charge in [-0.2, -0.15) is 0 Å². The minimum atomic E-state index is -1.01. The van der Waals surface area contributed by atoms with Gasteiger partial charge in [0.05, 0.1) is 11.3 Å². The molecule has 2 aromatic rings. The summed E-state index contributed by atoms with van der Waals surface area (Å²) in [5.41, 5.74) is 1.33. The van der Waals surface area contributed by atoms with E-state index in [1.54, 1.807) is 30.3 Å². The number of ether oxygens (including phenoxy) is 1. The first-order valence-corrected chi connectivity index (χ1v) is 5.98. The summed E-state index contributed by atoms with van der Waals surface area (Å²) in [6.07, 6.45) is 1.28. The van der Waals surface area contributed by atoms with E-state index in [0.717, 1.165) is 0 Å². The van der Waals surface area contributed by atoms with Crippen LogP contribution in [0.2, 0.25) is 0 Å². The smallest absolute Gasteiger partial charge is 0.337 e. The van der Waals surface area contributed by atoms with E-state index in [-0.39, 0.29) is 18.0 Å². The Balaban J connectivity index is 2.03. The van der Waals surface area contributed by atoms with Gasteiger partial charge in [-0.1, -0.05) is 12.1 Å². The number of carboxylic acid groups (broad SMARTS) is 1.